The van der Waals surface area contributed by atoms with E-state index in [1.807, 2.05) is 30.0 Å². The molecule has 0 aliphatic carbocycles. The molecule has 1 aromatic rings. The Morgan fingerprint density at radius 2 is 1.89 bits per heavy atom. The van der Waals surface area contributed by atoms with Crippen molar-refractivity contribution in [3.63, 3.8) is 0 Å². The van der Waals surface area contributed by atoms with Crippen molar-refractivity contribution in [1.29, 1.82) is 0 Å². The smallest absolute Gasteiger partial charge is 0.222 e. The Kier molecular flexibility index (Phi) is 9.11. The molecule has 6 heteroatoms. The lowest BCUT2D eigenvalue weighted by molar-refractivity contribution is -0.132. The molecule has 1 N–H and O–H groups in total. The molecule has 0 bridgehead atoms. The molecule has 156 valence electrons. The Hall–Kier alpha value is -2.24. The number of ether oxygens (including phenoxy) is 2. The summed E-state index contributed by atoms with van der Waals surface area (Å²) in [6.45, 7) is 6.09. The molecule has 1 aliphatic heterocycles. The van der Waals surface area contributed by atoms with Gasteiger partial charge in [-0.15, -0.1) is 0 Å². The minimum atomic E-state index is 0.0589. The molecule has 1 aromatic carbocycles. The van der Waals surface area contributed by atoms with Crippen LogP contribution in [0.25, 0.3) is 0 Å². The van der Waals surface area contributed by atoms with Crippen molar-refractivity contribution in [3.8, 4) is 11.5 Å². The largest absolute Gasteiger partial charge is 0.493 e. The number of carbonyl (C=O) groups excluding carboxylic acids is 2. The summed E-state index contributed by atoms with van der Waals surface area (Å²) in [5.74, 6) is 1.72. The fourth-order valence-corrected chi connectivity index (χ4v) is 3.46. The summed E-state index contributed by atoms with van der Waals surface area (Å²) < 4.78 is 10.9. The fraction of sp³-hybridized carbons (Fsp3) is 0.636. The maximum Gasteiger partial charge on any atom is 0.222 e. The fourth-order valence-electron chi connectivity index (χ4n) is 3.46. The highest BCUT2D eigenvalue weighted by molar-refractivity contribution is 5.77. The Bertz CT molecular complexity index is 639. The van der Waals surface area contributed by atoms with Gasteiger partial charge in [0, 0.05) is 32.0 Å². The quantitative estimate of drug-likeness (QED) is 0.665. The first kappa shape index (κ1) is 22.1. The molecule has 1 saturated heterocycles. The van der Waals surface area contributed by atoms with Crippen molar-refractivity contribution >= 4 is 11.8 Å². The van der Waals surface area contributed by atoms with Gasteiger partial charge in [-0.05, 0) is 50.3 Å². The van der Waals surface area contributed by atoms with Crippen molar-refractivity contribution in [2.24, 2.45) is 0 Å². The Morgan fingerprint density at radius 1 is 1.14 bits per heavy atom. The van der Waals surface area contributed by atoms with Crippen LogP contribution in [-0.4, -0.2) is 49.6 Å². The molecule has 0 radical (unpaired) electrons. The van der Waals surface area contributed by atoms with Crippen molar-refractivity contribution in [2.45, 2.75) is 64.8 Å². The van der Waals surface area contributed by atoms with Gasteiger partial charge in [0.25, 0.3) is 0 Å². The number of unbranched alkanes of at least 4 members (excludes halogenated alkanes) is 1. The van der Waals surface area contributed by atoms with Crippen LogP contribution < -0.4 is 14.8 Å². The number of nitrogens with zero attached hydrogens (tertiary/aromatic N) is 1. The summed E-state index contributed by atoms with van der Waals surface area (Å²) in [7, 11) is 1.62. The number of likely N-dealkylation sites (tertiary alicyclic amines) is 1. The highest BCUT2D eigenvalue weighted by atomic mass is 16.5. The van der Waals surface area contributed by atoms with E-state index in [4.69, 9.17) is 9.47 Å². The summed E-state index contributed by atoms with van der Waals surface area (Å²) in [5, 5.41) is 3.12. The molecule has 0 unspecified atom stereocenters. The third-order valence-corrected chi connectivity index (χ3v) is 5.13. The maximum atomic E-state index is 12.3. The highest BCUT2D eigenvalue weighted by Crippen LogP contribution is 2.28. The van der Waals surface area contributed by atoms with E-state index in [1.165, 1.54) is 0 Å². The normalized spacial score (nSPS) is 14.6. The van der Waals surface area contributed by atoms with Gasteiger partial charge in [0.2, 0.25) is 11.8 Å². The minimum Gasteiger partial charge on any atom is -0.493 e. The number of benzene rings is 1. The van der Waals surface area contributed by atoms with Crippen LogP contribution in [0.15, 0.2) is 18.2 Å². The summed E-state index contributed by atoms with van der Waals surface area (Å²) in [6, 6.07) is 5.96. The van der Waals surface area contributed by atoms with Gasteiger partial charge in [-0.3, -0.25) is 9.59 Å². The van der Waals surface area contributed by atoms with Crippen LogP contribution >= 0.6 is 0 Å². The maximum absolute atomic E-state index is 12.3. The number of aryl methyl sites for hydroxylation is 1. The molecule has 2 amide bonds. The molecule has 6 nitrogen and oxygen atoms in total. The molecule has 1 heterocycles. The van der Waals surface area contributed by atoms with E-state index in [2.05, 4.69) is 12.2 Å². The Balaban J connectivity index is 1.74. The number of amides is 2. The lowest BCUT2D eigenvalue weighted by atomic mass is 10.0. The van der Waals surface area contributed by atoms with Gasteiger partial charge in [-0.25, -0.2) is 0 Å². The Morgan fingerprint density at radius 3 is 2.54 bits per heavy atom. The van der Waals surface area contributed by atoms with Crippen LogP contribution in [0.3, 0.4) is 0 Å². The first-order valence-corrected chi connectivity index (χ1v) is 10.4. The second-order valence-electron chi connectivity index (χ2n) is 7.24. The number of rotatable bonds is 10. The van der Waals surface area contributed by atoms with Gasteiger partial charge >= 0.3 is 0 Å². The lowest BCUT2D eigenvalue weighted by Gasteiger charge is -2.32. The van der Waals surface area contributed by atoms with E-state index in [1.54, 1.807) is 7.11 Å². The summed E-state index contributed by atoms with van der Waals surface area (Å²) in [5.41, 5.74) is 1.05. The molecule has 0 aromatic heterocycles. The van der Waals surface area contributed by atoms with Crippen molar-refractivity contribution in [1.82, 2.24) is 10.2 Å². The van der Waals surface area contributed by atoms with E-state index < -0.39 is 0 Å². The van der Waals surface area contributed by atoms with E-state index in [9.17, 15) is 9.59 Å². The molecule has 1 aliphatic rings. The SMILES string of the molecule is CCCCC(=O)N1CCC(NC(=O)CCc2ccc(OCC)c(OC)c2)CC1. The number of carbonyl (C=O) groups is 2. The summed E-state index contributed by atoms with van der Waals surface area (Å²) in [4.78, 5) is 26.3. The molecule has 2 rings (SSSR count). The second kappa shape index (κ2) is 11.6. The van der Waals surface area contributed by atoms with Crippen LogP contribution in [0.1, 0.15) is 57.9 Å². The van der Waals surface area contributed by atoms with Crippen LogP contribution in [0, 0.1) is 0 Å². The molecule has 28 heavy (non-hydrogen) atoms. The van der Waals surface area contributed by atoms with Gasteiger partial charge in [-0.1, -0.05) is 19.4 Å². The molecular weight excluding hydrogens is 356 g/mol. The third-order valence-electron chi connectivity index (χ3n) is 5.13. The first-order valence-electron chi connectivity index (χ1n) is 10.4. The zero-order chi connectivity index (χ0) is 20.4. The van der Waals surface area contributed by atoms with E-state index in [0.717, 1.165) is 50.1 Å². The van der Waals surface area contributed by atoms with Crippen LogP contribution in [0.5, 0.6) is 11.5 Å². The van der Waals surface area contributed by atoms with Crippen LogP contribution in [0.4, 0.5) is 0 Å². The van der Waals surface area contributed by atoms with Crippen LogP contribution in [-0.2, 0) is 16.0 Å². The highest BCUT2D eigenvalue weighted by Gasteiger charge is 2.23. The Labute approximate surface area is 168 Å². The van der Waals surface area contributed by atoms with Gasteiger partial charge in [-0.2, -0.15) is 0 Å². The van der Waals surface area contributed by atoms with E-state index >= 15 is 0 Å². The molecule has 0 atom stereocenters. The summed E-state index contributed by atoms with van der Waals surface area (Å²) in [6.07, 6.45) is 5.39. The lowest BCUT2D eigenvalue weighted by Crippen LogP contribution is -2.46. The third kappa shape index (κ3) is 6.73. The average Bonchev–Trinajstić information content (AvgIpc) is 2.72. The monoisotopic (exact) mass is 390 g/mol. The number of hydrogen-bond acceptors (Lipinski definition) is 4. The zero-order valence-electron chi connectivity index (χ0n) is 17.5. The first-order chi connectivity index (χ1) is 13.6. The van der Waals surface area contributed by atoms with Crippen LogP contribution in [0.2, 0.25) is 0 Å². The zero-order valence-corrected chi connectivity index (χ0v) is 17.5. The number of methoxy groups -OCH3 is 1. The topological polar surface area (TPSA) is 67.9 Å². The number of hydrogen-bond donors (Lipinski definition) is 1. The predicted octanol–water partition coefficient (Wildman–Crippen LogP) is 3.32. The number of piperidine rings is 1. The molecule has 0 spiro atoms. The van der Waals surface area contributed by atoms with Gasteiger partial charge in [0.05, 0.1) is 13.7 Å². The summed E-state index contributed by atoms with van der Waals surface area (Å²) >= 11 is 0. The van der Waals surface area contributed by atoms with Gasteiger partial charge < -0.3 is 19.7 Å². The number of nitrogens with one attached hydrogen (secondary N) is 1. The molecular formula is C22H34N2O4. The molecule has 1 fully saturated rings. The average molecular weight is 391 g/mol. The van der Waals surface area contributed by atoms with Crippen molar-refractivity contribution < 1.29 is 19.1 Å². The van der Waals surface area contributed by atoms with Gasteiger partial charge in [0.1, 0.15) is 0 Å². The van der Waals surface area contributed by atoms with Crippen molar-refractivity contribution in [3.05, 3.63) is 23.8 Å². The van der Waals surface area contributed by atoms with E-state index in [-0.39, 0.29) is 17.9 Å². The molecule has 0 saturated carbocycles. The predicted molar refractivity (Wildman–Crippen MR) is 110 cm³/mol. The van der Waals surface area contributed by atoms with Crippen molar-refractivity contribution in [2.75, 3.05) is 26.8 Å². The second-order valence-corrected chi connectivity index (χ2v) is 7.24. The van der Waals surface area contributed by atoms with Gasteiger partial charge in [0.15, 0.2) is 11.5 Å². The minimum absolute atomic E-state index is 0.0589. The standard InChI is InChI=1S/C22H34N2O4/c1-4-6-7-22(26)24-14-12-18(13-15-24)23-21(25)11-9-17-8-10-19(28-5-2)20(16-17)27-3/h8,10,16,18H,4-7,9,11-15H2,1-3H3,(H,23,25). The van der Waals surface area contributed by atoms with E-state index in [0.29, 0.717) is 31.6 Å².